The number of carbonyl (C=O) groups excluding carboxylic acids is 1. The minimum Gasteiger partial charge on any atom is -0.475 e. The molecule has 2 aliphatic heterocycles. The molecule has 2 aliphatic rings. The lowest BCUT2D eigenvalue weighted by Crippen LogP contribution is -2.37. The lowest BCUT2D eigenvalue weighted by molar-refractivity contribution is -0.192. The third kappa shape index (κ3) is 6.02. The van der Waals surface area contributed by atoms with Gasteiger partial charge in [0.15, 0.2) is 0 Å². The van der Waals surface area contributed by atoms with Gasteiger partial charge in [-0.2, -0.15) is 13.2 Å². The molecule has 0 aliphatic carbocycles. The average molecular weight is 417 g/mol. The van der Waals surface area contributed by atoms with Crippen LogP contribution < -0.4 is 4.90 Å². The molecule has 3 heterocycles. The van der Waals surface area contributed by atoms with Crippen molar-refractivity contribution in [3.8, 4) is 0 Å². The number of aliphatic carboxylic acids is 1. The number of aryl methyl sites for hydroxylation is 1. The molecule has 0 saturated carbocycles. The van der Waals surface area contributed by atoms with Crippen LogP contribution >= 0.6 is 0 Å². The zero-order valence-corrected chi connectivity index (χ0v) is 16.7. The maximum absolute atomic E-state index is 12.5. The van der Waals surface area contributed by atoms with Gasteiger partial charge in [0.2, 0.25) is 11.9 Å². The van der Waals surface area contributed by atoms with Gasteiger partial charge in [-0.05, 0) is 26.1 Å². The number of nitrogens with zero attached hydrogens (tertiary/aromatic N) is 5. The molecular formula is C18H26F3N5O3. The van der Waals surface area contributed by atoms with Crippen LogP contribution in [0, 0.1) is 11.8 Å². The van der Waals surface area contributed by atoms with Gasteiger partial charge >= 0.3 is 12.1 Å². The second kappa shape index (κ2) is 9.38. The van der Waals surface area contributed by atoms with Gasteiger partial charge in [-0.15, -0.1) is 0 Å². The lowest BCUT2D eigenvalue weighted by Gasteiger charge is -2.23. The van der Waals surface area contributed by atoms with Crippen LogP contribution in [0.2, 0.25) is 0 Å². The van der Waals surface area contributed by atoms with Crippen LogP contribution in [-0.2, 0) is 16.0 Å². The largest absolute Gasteiger partial charge is 0.490 e. The Morgan fingerprint density at radius 3 is 2.28 bits per heavy atom. The van der Waals surface area contributed by atoms with E-state index in [1.54, 1.807) is 0 Å². The van der Waals surface area contributed by atoms with Crippen LogP contribution in [0.4, 0.5) is 19.1 Å². The first-order chi connectivity index (χ1) is 13.5. The van der Waals surface area contributed by atoms with E-state index in [0.29, 0.717) is 11.8 Å². The summed E-state index contributed by atoms with van der Waals surface area (Å²) in [7, 11) is 4.08. The van der Waals surface area contributed by atoms with Crippen molar-refractivity contribution in [3.05, 3.63) is 18.0 Å². The number of alkyl halides is 3. The molecule has 1 N–H and O–H groups in total. The van der Waals surface area contributed by atoms with Crippen LogP contribution in [0.5, 0.6) is 0 Å². The lowest BCUT2D eigenvalue weighted by atomic mass is 10.0. The van der Waals surface area contributed by atoms with Crippen LogP contribution in [0.15, 0.2) is 12.4 Å². The molecule has 0 bridgehead atoms. The Kier molecular flexibility index (Phi) is 7.39. The Balaban J connectivity index is 0.000000370. The fraction of sp³-hybridized carbons (Fsp3) is 0.667. The molecule has 2 fully saturated rings. The predicted molar refractivity (Wildman–Crippen MR) is 99.4 cm³/mol. The van der Waals surface area contributed by atoms with Gasteiger partial charge in [0, 0.05) is 51.0 Å². The van der Waals surface area contributed by atoms with E-state index in [1.807, 2.05) is 31.4 Å². The van der Waals surface area contributed by atoms with E-state index in [0.717, 1.165) is 50.7 Å². The highest BCUT2D eigenvalue weighted by molar-refractivity contribution is 5.83. The molecule has 1 aromatic rings. The Labute approximate surface area is 167 Å². The van der Waals surface area contributed by atoms with Crippen LogP contribution in [0.1, 0.15) is 12.5 Å². The summed E-state index contributed by atoms with van der Waals surface area (Å²) in [5, 5.41) is 7.12. The van der Waals surface area contributed by atoms with E-state index >= 15 is 0 Å². The van der Waals surface area contributed by atoms with Crippen LogP contribution in [-0.4, -0.2) is 89.7 Å². The molecule has 162 valence electrons. The minimum atomic E-state index is -5.08. The average Bonchev–Trinajstić information content (AvgIpc) is 3.19. The summed E-state index contributed by atoms with van der Waals surface area (Å²) in [6.45, 7) is 6.38. The number of amides is 1. The summed E-state index contributed by atoms with van der Waals surface area (Å²) >= 11 is 0. The quantitative estimate of drug-likeness (QED) is 0.768. The molecule has 1 aromatic heterocycles. The Morgan fingerprint density at radius 1 is 1.24 bits per heavy atom. The molecule has 29 heavy (non-hydrogen) atoms. The van der Waals surface area contributed by atoms with E-state index in [9.17, 15) is 18.0 Å². The minimum absolute atomic E-state index is 0.122. The van der Waals surface area contributed by atoms with Gasteiger partial charge in [-0.25, -0.2) is 14.8 Å². The van der Waals surface area contributed by atoms with E-state index < -0.39 is 12.1 Å². The van der Waals surface area contributed by atoms with Crippen molar-refractivity contribution in [3.63, 3.8) is 0 Å². The topological polar surface area (TPSA) is 89.9 Å². The first-order valence-corrected chi connectivity index (χ1v) is 9.32. The van der Waals surface area contributed by atoms with Crippen molar-refractivity contribution in [2.75, 3.05) is 51.7 Å². The molecule has 3 rings (SSSR count). The maximum atomic E-state index is 12.5. The normalized spacial score (nSPS) is 21.3. The molecule has 2 atom stereocenters. The summed E-state index contributed by atoms with van der Waals surface area (Å²) in [5.41, 5.74) is 1.15. The highest BCUT2D eigenvalue weighted by Crippen LogP contribution is 2.33. The number of fused-ring (bicyclic) bond motifs is 1. The molecule has 0 aromatic carbocycles. The zero-order valence-electron chi connectivity index (χ0n) is 16.7. The summed E-state index contributed by atoms with van der Waals surface area (Å²) in [5.74, 6) is -1.15. The summed E-state index contributed by atoms with van der Waals surface area (Å²) in [4.78, 5) is 36.6. The molecule has 0 unspecified atom stereocenters. The van der Waals surface area contributed by atoms with Crippen molar-refractivity contribution in [1.82, 2.24) is 19.8 Å². The third-order valence-electron chi connectivity index (χ3n) is 4.97. The second-order valence-corrected chi connectivity index (χ2v) is 7.41. The molecule has 8 nitrogen and oxygen atoms in total. The molecule has 0 radical (unpaired) electrons. The van der Waals surface area contributed by atoms with Crippen LogP contribution in [0.3, 0.4) is 0 Å². The molecule has 0 spiro atoms. The van der Waals surface area contributed by atoms with Crippen molar-refractivity contribution >= 4 is 17.8 Å². The van der Waals surface area contributed by atoms with Gasteiger partial charge in [-0.1, -0.05) is 6.92 Å². The number of carbonyl (C=O) groups is 2. The Bertz CT molecular complexity index is 712. The summed E-state index contributed by atoms with van der Waals surface area (Å²) in [6.07, 6.45) is -0.353. The van der Waals surface area contributed by atoms with Crippen molar-refractivity contribution in [2.24, 2.45) is 11.8 Å². The fourth-order valence-electron chi connectivity index (χ4n) is 3.32. The van der Waals surface area contributed by atoms with Crippen molar-refractivity contribution in [2.45, 2.75) is 19.5 Å². The molecule has 1 amide bonds. The third-order valence-corrected chi connectivity index (χ3v) is 4.97. The molecular weight excluding hydrogens is 391 g/mol. The van der Waals surface area contributed by atoms with E-state index in [4.69, 9.17) is 9.90 Å². The number of aromatic nitrogens is 2. The predicted octanol–water partition coefficient (Wildman–Crippen LogP) is 1.13. The number of hydrogen-bond donors (Lipinski definition) is 1. The fourth-order valence-corrected chi connectivity index (χ4v) is 3.32. The van der Waals surface area contributed by atoms with Gasteiger partial charge in [0.1, 0.15) is 0 Å². The first kappa shape index (κ1) is 22.9. The number of hydrogen-bond acceptors (Lipinski definition) is 6. The SMILES string of the molecule is CCc1cnc(N2C[C@H]3CN(CCN(C)C)C(=O)[C@H]3C2)nc1.O=C(O)C(F)(F)F. The second-order valence-electron chi connectivity index (χ2n) is 7.41. The number of rotatable bonds is 5. The molecule has 11 heteroatoms. The number of halogens is 3. The van der Waals surface area contributed by atoms with E-state index in [1.165, 1.54) is 0 Å². The smallest absolute Gasteiger partial charge is 0.475 e. The van der Waals surface area contributed by atoms with Crippen molar-refractivity contribution < 1.29 is 27.9 Å². The van der Waals surface area contributed by atoms with Gasteiger partial charge in [0.05, 0.1) is 5.92 Å². The van der Waals surface area contributed by atoms with Crippen LogP contribution in [0.25, 0.3) is 0 Å². The first-order valence-electron chi connectivity index (χ1n) is 9.32. The maximum Gasteiger partial charge on any atom is 0.490 e. The Hall–Kier alpha value is -2.43. The van der Waals surface area contributed by atoms with Gasteiger partial charge in [0.25, 0.3) is 0 Å². The summed E-state index contributed by atoms with van der Waals surface area (Å²) in [6, 6.07) is 0. The number of likely N-dealkylation sites (N-methyl/N-ethyl adjacent to an activating group) is 1. The number of carboxylic acids is 1. The number of anilines is 1. The zero-order chi connectivity index (χ0) is 21.8. The highest BCUT2D eigenvalue weighted by atomic mass is 19.4. The number of likely N-dealkylation sites (tertiary alicyclic amines) is 1. The highest BCUT2D eigenvalue weighted by Gasteiger charge is 2.46. The van der Waals surface area contributed by atoms with Gasteiger partial charge < -0.3 is 19.8 Å². The van der Waals surface area contributed by atoms with E-state index in [-0.39, 0.29) is 5.92 Å². The monoisotopic (exact) mass is 417 g/mol. The summed E-state index contributed by atoms with van der Waals surface area (Å²) < 4.78 is 31.7. The van der Waals surface area contributed by atoms with Crippen molar-refractivity contribution in [1.29, 1.82) is 0 Å². The standard InChI is InChI=1S/C16H25N5O.C2HF3O2/c1-4-12-7-17-16(18-8-12)21-10-13-9-20(6-5-19(2)3)15(22)14(13)11-21;3-2(4,5)1(6)7/h7-8,13-14H,4-6,9-11H2,1-3H3;(H,6,7)/t13-,14+;/m1./s1. The molecule has 2 saturated heterocycles. The Morgan fingerprint density at radius 2 is 1.83 bits per heavy atom. The van der Waals surface area contributed by atoms with Gasteiger partial charge in [-0.3, -0.25) is 4.79 Å². The van der Waals surface area contributed by atoms with E-state index in [2.05, 4.69) is 26.7 Å². The number of carboxylic acid groups (broad SMARTS) is 1.